The van der Waals surface area contributed by atoms with Crippen LogP contribution in [0, 0.1) is 0 Å². The number of pyridine rings is 2. The van der Waals surface area contributed by atoms with Crippen LogP contribution in [-0.4, -0.2) is 14.2 Å². The van der Waals surface area contributed by atoms with E-state index in [0.29, 0.717) is 10.1 Å². The molecule has 0 aromatic carbocycles. The van der Waals surface area contributed by atoms with Gasteiger partial charge in [-0.05, 0) is 24.3 Å². The lowest BCUT2D eigenvalue weighted by atomic mass is 10.5. The maximum absolute atomic E-state index is 11.8. The van der Waals surface area contributed by atoms with Gasteiger partial charge in [-0.25, -0.2) is 14.2 Å². The molecule has 2 heterocycles. The van der Waals surface area contributed by atoms with E-state index in [0.717, 1.165) is 0 Å². The quantitative estimate of drug-likeness (QED) is 0.747. The third-order valence-corrected chi connectivity index (χ3v) is 2.90. The average Bonchev–Trinajstić information content (AvgIpc) is 2.30. The molecular weight excluding hydrogens is 196 g/mol. The molecule has 2 aromatic heterocycles. The summed E-state index contributed by atoms with van der Waals surface area (Å²) in [7, 11) is -1.27. The number of aromatic nitrogens is 2. The van der Waals surface area contributed by atoms with Crippen molar-refractivity contribution >= 4 is 10.8 Å². The van der Waals surface area contributed by atoms with E-state index in [1.165, 1.54) is 0 Å². The Bertz CT molecular complexity index is 389. The average molecular weight is 204 g/mol. The number of hydrogen-bond donors (Lipinski definition) is 0. The molecule has 0 aliphatic rings. The van der Waals surface area contributed by atoms with E-state index in [1.807, 2.05) is 12.1 Å². The zero-order valence-corrected chi connectivity index (χ0v) is 8.15. The van der Waals surface area contributed by atoms with Crippen molar-refractivity contribution in [2.75, 3.05) is 0 Å². The lowest BCUT2D eigenvalue weighted by Gasteiger charge is -1.98. The summed E-state index contributed by atoms with van der Waals surface area (Å²) >= 11 is 0. The molecule has 3 nitrogen and oxygen atoms in total. The van der Waals surface area contributed by atoms with Gasteiger partial charge in [-0.2, -0.15) is 0 Å². The van der Waals surface area contributed by atoms with Crippen LogP contribution in [0.5, 0.6) is 0 Å². The molecule has 0 radical (unpaired) electrons. The zero-order valence-electron chi connectivity index (χ0n) is 7.33. The van der Waals surface area contributed by atoms with E-state index in [9.17, 15) is 4.21 Å². The van der Waals surface area contributed by atoms with Crippen LogP contribution in [0.25, 0.3) is 0 Å². The molecule has 0 aliphatic carbocycles. The maximum Gasteiger partial charge on any atom is 0.133 e. The van der Waals surface area contributed by atoms with Gasteiger partial charge < -0.3 is 0 Å². The molecule has 14 heavy (non-hydrogen) atoms. The van der Waals surface area contributed by atoms with Gasteiger partial charge in [0.1, 0.15) is 20.9 Å². The van der Waals surface area contributed by atoms with Crippen LogP contribution in [-0.2, 0) is 10.8 Å². The van der Waals surface area contributed by atoms with E-state index in [-0.39, 0.29) is 0 Å². The molecule has 0 unspecified atom stereocenters. The van der Waals surface area contributed by atoms with Crippen molar-refractivity contribution in [1.29, 1.82) is 0 Å². The highest BCUT2D eigenvalue weighted by Crippen LogP contribution is 2.09. The molecule has 0 atom stereocenters. The van der Waals surface area contributed by atoms with Crippen molar-refractivity contribution in [3.63, 3.8) is 0 Å². The number of rotatable bonds is 2. The normalized spacial score (nSPS) is 10.4. The summed E-state index contributed by atoms with van der Waals surface area (Å²) in [6.45, 7) is 0. The van der Waals surface area contributed by atoms with Crippen LogP contribution in [0.3, 0.4) is 0 Å². The smallest absolute Gasteiger partial charge is 0.133 e. The Labute approximate surface area is 84.3 Å². The monoisotopic (exact) mass is 204 g/mol. The van der Waals surface area contributed by atoms with Crippen molar-refractivity contribution in [2.24, 2.45) is 0 Å². The zero-order chi connectivity index (χ0) is 9.80. The Kier molecular flexibility index (Phi) is 2.65. The Balaban J connectivity index is 2.35. The molecule has 0 amide bonds. The van der Waals surface area contributed by atoms with Crippen LogP contribution >= 0.6 is 0 Å². The topological polar surface area (TPSA) is 42.9 Å². The van der Waals surface area contributed by atoms with Crippen molar-refractivity contribution in [1.82, 2.24) is 9.97 Å². The fraction of sp³-hybridized carbons (Fsp3) is 0. The van der Waals surface area contributed by atoms with Crippen molar-refractivity contribution in [2.45, 2.75) is 10.1 Å². The summed E-state index contributed by atoms with van der Waals surface area (Å²) in [6.07, 6.45) is 3.24. The van der Waals surface area contributed by atoms with Gasteiger partial charge in [0.2, 0.25) is 0 Å². The standard InChI is InChI=1S/C10H8N2OS/c13-14(9-5-1-3-7-11-9)10-6-2-4-8-12-10/h1-8H. The number of hydrogen-bond acceptors (Lipinski definition) is 3. The molecule has 0 bridgehead atoms. The molecule has 2 rings (SSSR count). The van der Waals surface area contributed by atoms with Crippen molar-refractivity contribution in [3.8, 4) is 0 Å². The molecule has 0 aliphatic heterocycles. The van der Waals surface area contributed by atoms with Gasteiger partial charge in [-0.1, -0.05) is 12.1 Å². The van der Waals surface area contributed by atoms with Gasteiger partial charge in [0, 0.05) is 12.4 Å². The second-order valence-corrected chi connectivity index (χ2v) is 3.98. The Morgan fingerprint density at radius 1 is 0.857 bits per heavy atom. The fourth-order valence-corrected chi connectivity index (χ4v) is 1.95. The summed E-state index contributed by atoms with van der Waals surface area (Å²) < 4.78 is 11.8. The second-order valence-electron chi connectivity index (χ2n) is 2.60. The highest BCUT2D eigenvalue weighted by Gasteiger charge is 2.07. The van der Waals surface area contributed by atoms with Gasteiger partial charge >= 0.3 is 0 Å². The molecule has 70 valence electrons. The Morgan fingerprint density at radius 3 is 1.71 bits per heavy atom. The first-order valence-corrected chi connectivity index (χ1v) is 5.27. The number of nitrogens with zero attached hydrogens (tertiary/aromatic N) is 2. The van der Waals surface area contributed by atoms with Crippen LogP contribution in [0.2, 0.25) is 0 Å². The van der Waals surface area contributed by atoms with Gasteiger partial charge in [-0.15, -0.1) is 0 Å². The SMILES string of the molecule is O=S(c1ccccn1)c1ccccn1. The van der Waals surface area contributed by atoms with Crippen molar-refractivity contribution < 1.29 is 4.21 Å². The van der Waals surface area contributed by atoms with E-state index in [4.69, 9.17) is 0 Å². The third-order valence-electron chi connectivity index (χ3n) is 1.66. The Morgan fingerprint density at radius 2 is 1.36 bits per heavy atom. The van der Waals surface area contributed by atoms with E-state index < -0.39 is 10.8 Å². The highest BCUT2D eigenvalue weighted by molar-refractivity contribution is 7.84. The molecular formula is C10H8N2OS. The first-order chi connectivity index (χ1) is 6.88. The summed E-state index contributed by atoms with van der Waals surface area (Å²) in [4.78, 5) is 8.03. The van der Waals surface area contributed by atoms with Gasteiger partial charge in [0.05, 0.1) is 0 Å². The minimum atomic E-state index is -1.27. The third kappa shape index (κ3) is 1.85. The highest BCUT2D eigenvalue weighted by atomic mass is 32.2. The first-order valence-electron chi connectivity index (χ1n) is 4.12. The predicted octanol–water partition coefficient (Wildman–Crippen LogP) is 1.64. The summed E-state index contributed by atoms with van der Waals surface area (Å²) in [5, 5.41) is 1.07. The second kappa shape index (κ2) is 4.11. The van der Waals surface area contributed by atoms with E-state index >= 15 is 0 Å². The molecule has 0 saturated carbocycles. The largest absolute Gasteiger partial charge is 0.247 e. The first kappa shape index (κ1) is 9.02. The fourth-order valence-electron chi connectivity index (χ4n) is 1.02. The molecule has 0 saturated heterocycles. The Hall–Kier alpha value is -1.55. The molecule has 2 aromatic rings. The van der Waals surface area contributed by atoms with Gasteiger partial charge in [-0.3, -0.25) is 0 Å². The molecule has 0 fully saturated rings. The van der Waals surface area contributed by atoms with Crippen LogP contribution in [0.1, 0.15) is 0 Å². The van der Waals surface area contributed by atoms with Crippen LogP contribution in [0.15, 0.2) is 58.8 Å². The lowest BCUT2D eigenvalue weighted by molar-refractivity contribution is 0.677. The summed E-state index contributed by atoms with van der Waals surface area (Å²) in [5.41, 5.74) is 0. The van der Waals surface area contributed by atoms with Gasteiger partial charge in [0.25, 0.3) is 0 Å². The molecule has 0 N–H and O–H groups in total. The summed E-state index contributed by atoms with van der Waals surface area (Å²) in [6, 6.07) is 10.7. The maximum atomic E-state index is 11.8. The lowest BCUT2D eigenvalue weighted by Crippen LogP contribution is -1.97. The summed E-state index contributed by atoms with van der Waals surface area (Å²) in [5.74, 6) is 0. The van der Waals surface area contributed by atoms with Gasteiger partial charge in [0.15, 0.2) is 0 Å². The van der Waals surface area contributed by atoms with Crippen LogP contribution in [0.4, 0.5) is 0 Å². The predicted molar refractivity (Wildman–Crippen MR) is 53.1 cm³/mol. The van der Waals surface area contributed by atoms with Crippen LogP contribution < -0.4 is 0 Å². The minimum Gasteiger partial charge on any atom is -0.247 e. The van der Waals surface area contributed by atoms with E-state index in [1.54, 1.807) is 36.7 Å². The van der Waals surface area contributed by atoms with Crippen molar-refractivity contribution in [3.05, 3.63) is 48.8 Å². The molecule has 0 spiro atoms. The molecule has 4 heteroatoms. The minimum absolute atomic E-state index is 0.534. The van der Waals surface area contributed by atoms with E-state index in [2.05, 4.69) is 9.97 Å².